The fraction of sp³-hybridized carbons (Fsp3) is 0.308. The second-order valence-electron chi connectivity index (χ2n) is 9.48. The molecule has 2 heteroatoms. The summed E-state index contributed by atoms with van der Waals surface area (Å²) in [5, 5.41) is 21.6. The van der Waals surface area contributed by atoms with Gasteiger partial charge in [-0.1, -0.05) is 102 Å². The summed E-state index contributed by atoms with van der Waals surface area (Å²) < 4.78 is 0. The summed E-state index contributed by atoms with van der Waals surface area (Å²) in [6.45, 7) is 12.6. The van der Waals surface area contributed by atoms with Crippen LogP contribution in [0.25, 0.3) is 22.3 Å². The van der Waals surface area contributed by atoms with Crippen molar-refractivity contribution in [3.8, 4) is 33.8 Å². The van der Waals surface area contributed by atoms with E-state index in [9.17, 15) is 10.2 Å². The van der Waals surface area contributed by atoms with Gasteiger partial charge < -0.3 is 10.2 Å². The molecule has 0 atom stereocenters. The molecular weight excluding hydrogens is 344 g/mol. The molecule has 146 valence electrons. The normalized spacial score (nSPS) is 12.2. The first-order valence-corrected chi connectivity index (χ1v) is 9.76. The monoisotopic (exact) mass is 374 g/mol. The lowest BCUT2D eigenvalue weighted by atomic mass is 9.83. The lowest BCUT2D eigenvalue weighted by molar-refractivity contribution is 0.448. The number of hydrogen-bond acceptors (Lipinski definition) is 2. The molecule has 0 aromatic heterocycles. The Balaban J connectivity index is 2.03. The number of phenolic OH excluding ortho intramolecular Hbond substituents is 2. The molecule has 2 N–H and O–H groups in total. The van der Waals surface area contributed by atoms with Crippen molar-refractivity contribution >= 4 is 0 Å². The largest absolute Gasteiger partial charge is 0.507 e. The van der Waals surface area contributed by atoms with Crippen LogP contribution in [0.15, 0.2) is 60.7 Å². The predicted octanol–water partition coefficient (Wildman–Crippen LogP) is 7.03. The summed E-state index contributed by atoms with van der Waals surface area (Å²) in [5.74, 6) is 0.667. The van der Waals surface area contributed by atoms with E-state index in [4.69, 9.17) is 0 Å². The lowest BCUT2D eigenvalue weighted by Crippen LogP contribution is -2.11. The van der Waals surface area contributed by atoms with Crippen molar-refractivity contribution in [2.24, 2.45) is 0 Å². The maximum absolute atomic E-state index is 10.8. The van der Waals surface area contributed by atoms with Crippen LogP contribution in [-0.4, -0.2) is 10.2 Å². The highest BCUT2D eigenvalue weighted by Gasteiger charge is 2.21. The Bertz CT molecular complexity index is 902. The van der Waals surface area contributed by atoms with E-state index < -0.39 is 0 Å². The van der Waals surface area contributed by atoms with Crippen molar-refractivity contribution in [3.63, 3.8) is 0 Å². The molecular formula is C26H30O2. The molecule has 0 bridgehead atoms. The molecule has 3 rings (SSSR count). The highest BCUT2D eigenvalue weighted by Crippen LogP contribution is 2.41. The Morgan fingerprint density at radius 2 is 0.821 bits per heavy atom. The number of aromatic hydroxyl groups is 2. The van der Waals surface area contributed by atoms with Crippen LogP contribution >= 0.6 is 0 Å². The summed E-state index contributed by atoms with van der Waals surface area (Å²) in [6.07, 6.45) is 0. The average molecular weight is 375 g/mol. The van der Waals surface area contributed by atoms with Gasteiger partial charge >= 0.3 is 0 Å². The number of benzene rings is 3. The van der Waals surface area contributed by atoms with E-state index in [2.05, 4.69) is 41.5 Å². The molecule has 0 aliphatic rings. The first kappa shape index (κ1) is 20.0. The van der Waals surface area contributed by atoms with Crippen LogP contribution in [0.3, 0.4) is 0 Å². The first-order valence-electron chi connectivity index (χ1n) is 9.76. The zero-order valence-electron chi connectivity index (χ0n) is 17.7. The average Bonchev–Trinajstić information content (AvgIpc) is 2.60. The Labute approximate surface area is 168 Å². The van der Waals surface area contributed by atoms with Crippen LogP contribution in [0.5, 0.6) is 11.5 Å². The maximum atomic E-state index is 10.8. The third-order valence-electron chi connectivity index (χ3n) is 5.19. The molecule has 0 radical (unpaired) electrons. The van der Waals surface area contributed by atoms with Gasteiger partial charge in [0.2, 0.25) is 0 Å². The van der Waals surface area contributed by atoms with Gasteiger partial charge in [0.25, 0.3) is 0 Å². The van der Waals surface area contributed by atoms with Gasteiger partial charge in [0.1, 0.15) is 11.5 Å². The van der Waals surface area contributed by atoms with Gasteiger partial charge in [0.15, 0.2) is 0 Å². The molecule has 0 fully saturated rings. The van der Waals surface area contributed by atoms with Gasteiger partial charge in [0, 0.05) is 11.1 Å². The van der Waals surface area contributed by atoms with Gasteiger partial charge in [-0.2, -0.15) is 0 Å². The minimum atomic E-state index is -0.126. The molecule has 0 saturated carbocycles. The minimum absolute atomic E-state index is 0.126. The van der Waals surface area contributed by atoms with Gasteiger partial charge in [0.05, 0.1) is 0 Å². The van der Waals surface area contributed by atoms with Crippen LogP contribution in [0, 0.1) is 0 Å². The van der Waals surface area contributed by atoms with Gasteiger partial charge in [-0.25, -0.2) is 0 Å². The number of hydrogen-bond donors (Lipinski definition) is 2. The topological polar surface area (TPSA) is 40.5 Å². The molecule has 0 aliphatic carbocycles. The van der Waals surface area contributed by atoms with E-state index in [0.717, 1.165) is 33.4 Å². The highest BCUT2D eigenvalue weighted by atomic mass is 16.3. The van der Waals surface area contributed by atoms with Crippen LogP contribution in [0.4, 0.5) is 0 Å². The van der Waals surface area contributed by atoms with E-state index >= 15 is 0 Å². The molecule has 0 amide bonds. The lowest BCUT2D eigenvalue weighted by Gasteiger charge is -2.22. The van der Waals surface area contributed by atoms with E-state index in [1.54, 1.807) is 0 Å². The Hall–Kier alpha value is -2.74. The Kier molecular flexibility index (Phi) is 5.01. The molecule has 0 spiro atoms. The van der Waals surface area contributed by atoms with Gasteiger partial charge in [-0.05, 0) is 33.1 Å². The molecule has 0 unspecified atom stereocenters. The second-order valence-corrected chi connectivity index (χ2v) is 9.48. The molecule has 0 heterocycles. The highest BCUT2D eigenvalue weighted by molar-refractivity contribution is 5.77. The van der Waals surface area contributed by atoms with E-state index in [1.807, 2.05) is 60.7 Å². The molecule has 0 saturated heterocycles. The van der Waals surface area contributed by atoms with Crippen molar-refractivity contribution in [2.75, 3.05) is 0 Å². The number of rotatable bonds is 2. The number of phenols is 2. The first-order chi connectivity index (χ1) is 13.0. The van der Waals surface area contributed by atoms with E-state index in [1.165, 1.54) is 0 Å². The second kappa shape index (κ2) is 7.01. The zero-order chi connectivity index (χ0) is 20.7. The minimum Gasteiger partial charge on any atom is -0.507 e. The summed E-state index contributed by atoms with van der Waals surface area (Å²) >= 11 is 0. The van der Waals surface area contributed by atoms with Gasteiger partial charge in [-0.3, -0.25) is 0 Å². The molecule has 3 aromatic carbocycles. The molecule has 2 nitrogen and oxygen atoms in total. The van der Waals surface area contributed by atoms with Crippen molar-refractivity contribution in [3.05, 3.63) is 71.8 Å². The quantitative estimate of drug-likeness (QED) is 0.505. The van der Waals surface area contributed by atoms with Crippen LogP contribution in [0.2, 0.25) is 0 Å². The zero-order valence-corrected chi connectivity index (χ0v) is 17.7. The van der Waals surface area contributed by atoms with Gasteiger partial charge in [-0.15, -0.1) is 0 Å². The molecule has 3 aromatic rings. The Morgan fingerprint density at radius 3 is 1.11 bits per heavy atom. The summed E-state index contributed by atoms with van der Waals surface area (Å²) in [5.41, 5.74) is 5.18. The third kappa shape index (κ3) is 3.77. The van der Waals surface area contributed by atoms with E-state index in [-0.39, 0.29) is 10.8 Å². The predicted molar refractivity (Wildman–Crippen MR) is 118 cm³/mol. The fourth-order valence-electron chi connectivity index (χ4n) is 3.59. The van der Waals surface area contributed by atoms with Crippen molar-refractivity contribution < 1.29 is 10.2 Å². The summed E-state index contributed by atoms with van der Waals surface area (Å²) in [7, 11) is 0. The van der Waals surface area contributed by atoms with Crippen molar-refractivity contribution in [2.45, 2.75) is 52.4 Å². The maximum Gasteiger partial charge on any atom is 0.127 e. The van der Waals surface area contributed by atoms with Crippen LogP contribution in [0.1, 0.15) is 52.7 Å². The van der Waals surface area contributed by atoms with Crippen LogP contribution in [-0.2, 0) is 10.8 Å². The number of para-hydroxylation sites is 2. The van der Waals surface area contributed by atoms with Crippen LogP contribution < -0.4 is 0 Å². The van der Waals surface area contributed by atoms with Crippen molar-refractivity contribution in [1.82, 2.24) is 0 Å². The standard InChI is InChI=1S/C26H30O2/c1-25(2,3)21-11-7-9-19(23(21)27)17-13-15-18(16-14-17)20-10-8-12-22(24(20)28)26(4,5)6/h7-16,27-28H,1-6H3. The van der Waals surface area contributed by atoms with Crippen molar-refractivity contribution in [1.29, 1.82) is 0 Å². The third-order valence-corrected chi connectivity index (χ3v) is 5.19. The fourth-order valence-corrected chi connectivity index (χ4v) is 3.59. The molecule has 0 aliphatic heterocycles. The summed E-state index contributed by atoms with van der Waals surface area (Å²) in [4.78, 5) is 0. The van der Waals surface area contributed by atoms with E-state index in [0.29, 0.717) is 11.5 Å². The summed E-state index contributed by atoms with van der Waals surface area (Å²) in [6, 6.07) is 19.8. The Morgan fingerprint density at radius 1 is 0.500 bits per heavy atom. The smallest absolute Gasteiger partial charge is 0.127 e. The SMILES string of the molecule is CC(C)(C)c1cccc(-c2ccc(-c3cccc(C(C)(C)C)c3O)cc2)c1O. The molecule has 28 heavy (non-hydrogen) atoms.